The quantitative estimate of drug-likeness (QED) is 0.504. The van der Waals surface area contributed by atoms with Gasteiger partial charge in [-0.15, -0.1) is 0 Å². The number of hydrogen-bond acceptors (Lipinski definition) is 4. The van der Waals surface area contributed by atoms with Gasteiger partial charge < -0.3 is 25.6 Å². The lowest BCUT2D eigenvalue weighted by Gasteiger charge is -2.21. The summed E-state index contributed by atoms with van der Waals surface area (Å²) in [6.45, 7) is 0.395. The third-order valence-corrected chi connectivity index (χ3v) is 4.10. The lowest BCUT2D eigenvalue weighted by Crippen LogP contribution is -2.49. The minimum atomic E-state index is -1.47. The topological polar surface area (TPSA) is 108 Å². The van der Waals surface area contributed by atoms with Gasteiger partial charge in [-0.3, -0.25) is 0 Å². The zero-order chi connectivity index (χ0) is 19.6. The Morgan fingerprint density at radius 1 is 1.07 bits per heavy atom. The number of aliphatic hydroxyl groups is 1. The van der Waals surface area contributed by atoms with Crippen LogP contribution in [-0.2, 0) is 11.2 Å². The number of urea groups is 1. The Hall–Kier alpha value is -3.06. The van der Waals surface area contributed by atoms with Gasteiger partial charge in [0.2, 0.25) is 0 Å². The number of aliphatic hydroxyl groups excluding tert-OH is 1. The number of carboxylic acid groups (broad SMARTS) is 1. The number of ether oxygens (including phenoxy) is 1. The van der Waals surface area contributed by atoms with E-state index in [0.717, 1.165) is 18.4 Å². The van der Waals surface area contributed by atoms with Crippen molar-refractivity contribution in [2.24, 2.45) is 0 Å². The van der Waals surface area contributed by atoms with Crippen molar-refractivity contribution in [1.82, 2.24) is 10.6 Å². The van der Waals surface area contributed by atoms with Gasteiger partial charge in [0, 0.05) is 6.54 Å². The molecule has 2 aromatic carbocycles. The maximum absolute atomic E-state index is 12.0. The zero-order valence-electron chi connectivity index (χ0n) is 15.1. The third kappa shape index (κ3) is 6.31. The maximum atomic E-state index is 12.0. The number of rotatable bonds is 9. The molecule has 144 valence electrons. The van der Waals surface area contributed by atoms with Gasteiger partial charge in [-0.05, 0) is 36.1 Å². The largest absolute Gasteiger partial charge is 0.497 e. The van der Waals surface area contributed by atoms with E-state index >= 15 is 0 Å². The predicted octanol–water partition coefficient (Wildman–Crippen LogP) is 2.11. The maximum Gasteiger partial charge on any atom is 0.329 e. The van der Waals surface area contributed by atoms with Gasteiger partial charge >= 0.3 is 12.0 Å². The van der Waals surface area contributed by atoms with Gasteiger partial charge in [0.1, 0.15) is 11.9 Å². The number of carboxylic acids is 1. The van der Waals surface area contributed by atoms with Gasteiger partial charge in [0.25, 0.3) is 0 Å². The lowest BCUT2D eigenvalue weighted by molar-refractivity contribution is -0.142. The fraction of sp³-hybridized carbons (Fsp3) is 0.300. The lowest BCUT2D eigenvalue weighted by atomic mass is 10.0. The Kier molecular flexibility index (Phi) is 7.63. The van der Waals surface area contributed by atoms with E-state index < -0.39 is 24.1 Å². The van der Waals surface area contributed by atoms with Gasteiger partial charge in [-0.2, -0.15) is 0 Å². The standard InChI is InChI=1S/C20H24N2O5/c1-27-16-11-9-15(10-12-16)18(23)17(19(24)25)22-20(26)21-13-5-8-14-6-3-2-4-7-14/h2-4,6-7,9-12,17-18,23H,5,8,13H2,1H3,(H,24,25)(H2,21,22,26). The second kappa shape index (κ2) is 10.2. The molecule has 7 nitrogen and oxygen atoms in total. The predicted molar refractivity (Wildman–Crippen MR) is 101 cm³/mol. The molecule has 2 rings (SSSR count). The van der Waals surface area contributed by atoms with Gasteiger partial charge in [0.15, 0.2) is 6.04 Å². The monoisotopic (exact) mass is 372 g/mol. The van der Waals surface area contributed by atoms with Gasteiger partial charge in [-0.1, -0.05) is 42.5 Å². The van der Waals surface area contributed by atoms with Crippen molar-refractivity contribution in [3.63, 3.8) is 0 Å². The Labute approximate surface area is 158 Å². The molecule has 0 bridgehead atoms. The third-order valence-electron chi connectivity index (χ3n) is 4.10. The smallest absolute Gasteiger partial charge is 0.329 e. The van der Waals surface area contributed by atoms with Crippen LogP contribution in [0, 0.1) is 0 Å². The van der Waals surface area contributed by atoms with E-state index in [1.54, 1.807) is 24.3 Å². The second-order valence-corrected chi connectivity index (χ2v) is 6.02. The number of methoxy groups -OCH3 is 1. The second-order valence-electron chi connectivity index (χ2n) is 6.02. The van der Waals surface area contributed by atoms with Crippen LogP contribution < -0.4 is 15.4 Å². The SMILES string of the molecule is COc1ccc(C(O)C(NC(=O)NCCCc2ccccc2)C(=O)O)cc1. The summed E-state index contributed by atoms with van der Waals surface area (Å²) in [6, 6.07) is 14.1. The summed E-state index contributed by atoms with van der Waals surface area (Å²) in [7, 11) is 1.51. The van der Waals surface area contributed by atoms with Gasteiger partial charge in [-0.25, -0.2) is 9.59 Å². The first-order valence-electron chi connectivity index (χ1n) is 8.64. The molecule has 0 saturated heterocycles. The van der Waals surface area contributed by atoms with Crippen LogP contribution >= 0.6 is 0 Å². The molecule has 2 aromatic rings. The molecular weight excluding hydrogens is 348 g/mol. The van der Waals surface area contributed by atoms with Crippen molar-refractivity contribution >= 4 is 12.0 Å². The van der Waals surface area contributed by atoms with Crippen LogP contribution in [-0.4, -0.2) is 41.9 Å². The summed E-state index contributed by atoms with van der Waals surface area (Å²) in [5, 5.41) is 24.6. The minimum absolute atomic E-state index is 0.368. The Balaban J connectivity index is 1.84. The van der Waals surface area contributed by atoms with E-state index in [4.69, 9.17) is 4.74 Å². The molecule has 27 heavy (non-hydrogen) atoms. The molecule has 0 radical (unpaired) electrons. The highest BCUT2D eigenvalue weighted by atomic mass is 16.5. The van der Waals surface area contributed by atoms with E-state index in [2.05, 4.69) is 10.6 Å². The van der Waals surface area contributed by atoms with Gasteiger partial charge in [0.05, 0.1) is 7.11 Å². The highest BCUT2D eigenvalue weighted by Crippen LogP contribution is 2.20. The molecule has 0 heterocycles. The Morgan fingerprint density at radius 2 is 1.74 bits per heavy atom. The van der Waals surface area contributed by atoms with Crippen molar-refractivity contribution in [2.45, 2.75) is 25.0 Å². The Bertz CT molecular complexity index is 734. The van der Waals surface area contributed by atoms with Crippen LogP contribution in [0.1, 0.15) is 23.7 Å². The zero-order valence-corrected chi connectivity index (χ0v) is 15.1. The normalized spacial score (nSPS) is 12.7. The first kappa shape index (κ1) is 20.3. The van der Waals surface area contributed by atoms with E-state index in [-0.39, 0.29) is 0 Å². The van der Waals surface area contributed by atoms with Crippen molar-refractivity contribution in [2.75, 3.05) is 13.7 Å². The molecule has 0 aliphatic carbocycles. The van der Waals surface area contributed by atoms with Crippen molar-refractivity contribution in [1.29, 1.82) is 0 Å². The highest BCUT2D eigenvalue weighted by molar-refractivity contribution is 5.83. The molecule has 0 aliphatic heterocycles. The van der Waals surface area contributed by atoms with Crippen LogP contribution in [0.2, 0.25) is 0 Å². The fourth-order valence-corrected chi connectivity index (χ4v) is 2.60. The molecule has 0 spiro atoms. The number of nitrogens with one attached hydrogen (secondary N) is 2. The van der Waals surface area contributed by atoms with Crippen molar-refractivity contribution < 1.29 is 24.5 Å². The molecule has 0 saturated carbocycles. The number of aryl methyl sites for hydroxylation is 1. The number of carbonyl (C=O) groups is 2. The summed E-state index contributed by atoms with van der Waals surface area (Å²) in [6.07, 6.45) is 0.136. The molecule has 7 heteroatoms. The van der Waals surface area contributed by atoms with Crippen LogP contribution in [0.3, 0.4) is 0 Å². The molecule has 2 atom stereocenters. The summed E-state index contributed by atoms with van der Waals surface area (Å²) < 4.78 is 5.03. The number of hydrogen-bond donors (Lipinski definition) is 4. The Morgan fingerprint density at radius 3 is 2.33 bits per heavy atom. The summed E-state index contributed by atoms with van der Waals surface area (Å²) in [5.74, 6) is -0.736. The highest BCUT2D eigenvalue weighted by Gasteiger charge is 2.29. The van der Waals surface area contributed by atoms with Crippen LogP contribution in [0.15, 0.2) is 54.6 Å². The first-order chi connectivity index (χ1) is 13.0. The minimum Gasteiger partial charge on any atom is -0.497 e. The number of benzene rings is 2. The van der Waals surface area contributed by atoms with E-state index in [1.165, 1.54) is 7.11 Å². The summed E-state index contributed by atoms with van der Waals surface area (Å²) >= 11 is 0. The molecule has 0 aromatic heterocycles. The molecule has 0 aliphatic rings. The number of carbonyl (C=O) groups excluding carboxylic acids is 1. The van der Waals surface area contributed by atoms with Crippen molar-refractivity contribution in [3.8, 4) is 5.75 Å². The van der Waals surface area contributed by atoms with Crippen LogP contribution in [0.5, 0.6) is 5.75 Å². The van der Waals surface area contributed by atoms with Crippen LogP contribution in [0.25, 0.3) is 0 Å². The van der Waals surface area contributed by atoms with E-state index in [0.29, 0.717) is 17.9 Å². The average Bonchev–Trinajstić information content (AvgIpc) is 2.69. The molecule has 4 N–H and O–H groups in total. The first-order valence-corrected chi connectivity index (χ1v) is 8.64. The number of aliphatic carboxylic acids is 1. The van der Waals surface area contributed by atoms with E-state index in [1.807, 2.05) is 30.3 Å². The van der Waals surface area contributed by atoms with Crippen LogP contribution in [0.4, 0.5) is 4.79 Å². The summed E-state index contributed by atoms with van der Waals surface area (Å²) in [4.78, 5) is 23.4. The molecule has 0 fully saturated rings. The fourth-order valence-electron chi connectivity index (χ4n) is 2.60. The molecule has 2 unspecified atom stereocenters. The summed E-state index contributed by atoms with van der Waals surface area (Å²) in [5.41, 5.74) is 1.53. The number of amides is 2. The van der Waals surface area contributed by atoms with Crippen molar-refractivity contribution in [3.05, 3.63) is 65.7 Å². The molecule has 2 amide bonds. The average molecular weight is 372 g/mol. The van der Waals surface area contributed by atoms with E-state index in [9.17, 15) is 19.8 Å². The molecular formula is C20H24N2O5.